The molecular weight excluding hydrogens is 454 g/mol. The second kappa shape index (κ2) is 9.27. The first kappa shape index (κ1) is 22.9. The van der Waals surface area contributed by atoms with Crippen LogP contribution in [0.3, 0.4) is 0 Å². The lowest BCUT2D eigenvalue weighted by Gasteiger charge is -2.14. The molecule has 0 aromatic heterocycles. The van der Waals surface area contributed by atoms with E-state index < -0.39 is 53.0 Å². The first-order valence-corrected chi connectivity index (χ1v) is 9.98. The van der Waals surface area contributed by atoms with E-state index in [2.05, 4.69) is 11.2 Å². The number of nitrogens with one attached hydrogen (secondary N) is 1. The van der Waals surface area contributed by atoms with Gasteiger partial charge in [0.15, 0.2) is 23.3 Å². The van der Waals surface area contributed by atoms with E-state index in [9.17, 15) is 27.2 Å². The normalized spacial score (nSPS) is 11.8. The van der Waals surface area contributed by atoms with Crippen molar-refractivity contribution in [3.05, 3.63) is 94.1 Å². The average molecular weight is 469 g/mol. The predicted octanol–water partition coefficient (Wildman–Crippen LogP) is 4.83. The van der Waals surface area contributed by atoms with Crippen LogP contribution < -0.4 is 5.32 Å². The summed E-state index contributed by atoms with van der Waals surface area (Å²) in [5.74, 6) is -6.34. The van der Waals surface area contributed by atoms with Crippen LogP contribution in [0.4, 0.5) is 22.4 Å². The third-order valence-electron chi connectivity index (χ3n) is 5.36. The molecule has 9 heteroatoms. The van der Waals surface area contributed by atoms with Gasteiger partial charge in [-0.25, -0.2) is 27.2 Å². The summed E-state index contributed by atoms with van der Waals surface area (Å²) in [5, 5.41) is 10.9. The van der Waals surface area contributed by atoms with E-state index in [1.54, 1.807) is 0 Å². The van der Waals surface area contributed by atoms with Gasteiger partial charge in [-0.3, -0.25) is 0 Å². The number of ether oxygens (including phenoxy) is 1. The second-order valence-electron chi connectivity index (χ2n) is 7.29. The Hall–Kier alpha value is -4.32. The smallest absolute Gasteiger partial charge is 0.407 e. The van der Waals surface area contributed by atoms with Gasteiger partial charge < -0.3 is 15.2 Å². The molecule has 0 saturated heterocycles. The van der Waals surface area contributed by atoms with Gasteiger partial charge in [0.1, 0.15) is 17.7 Å². The van der Waals surface area contributed by atoms with Crippen molar-refractivity contribution in [1.29, 1.82) is 0 Å². The number of rotatable bonds is 4. The van der Waals surface area contributed by atoms with E-state index >= 15 is 0 Å². The number of carboxylic acids is 1. The van der Waals surface area contributed by atoms with Gasteiger partial charge in [0.05, 0.1) is 6.54 Å². The Morgan fingerprint density at radius 3 is 1.94 bits per heavy atom. The van der Waals surface area contributed by atoms with Crippen molar-refractivity contribution in [3.63, 3.8) is 0 Å². The van der Waals surface area contributed by atoms with Crippen LogP contribution in [0.2, 0.25) is 0 Å². The number of amides is 1. The maximum Gasteiger partial charge on any atom is 0.407 e. The molecule has 5 nitrogen and oxygen atoms in total. The summed E-state index contributed by atoms with van der Waals surface area (Å²) in [4.78, 5) is 22.8. The molecule has 1 aliphatic carbocycles. The van der Waals surface area contributed by atoms with Gasteiger partial charge in [-0.2, -0.15) is 0 Å². The maximum atomic E-state index is 13.9. The molecule has 1 amide bonds. The molecule has 0 unspecified atom stereocenters. The fraction of sp³-hybridized carbons (Fsp3) is 0.120. The molecule has 0 fully saturated rings. The Balaban J connectivity index is 1.41. The number of halogens is 4. The van der Waals surface area contributed by atoms with Crippen molar-refractivity contribution in [3.8, 4) is 23.0 Å². The van der Waals surface area contributed by atoms with Crippen molar-refractivity contribution < 1.29 is 37.0 Å². The topological polar surface area (TPSA) is 75.6 Å². The summed E-state index contributed by atoms with van der Waals surface area (Å²) < 4.78 is 60.6. The molecule has 0 radical (unpaired) electrons. The average Bonchev–Trinajstić information content (AvgIpc) is 3.14. The van der Waals surface area contributed by atoms with Gasteiger partial charge in [-0.05, 0) is 22.3 Å². The molecule has 0 spiro atoms. The van der Waals surface area contributed by atoms with Crippen LogP contribution >= 0.6 is 0 Å². The number of carboxylic acid groups (broad SMARTS) is 1. The summed E-state index contributed by atoms with van der Waals surface area (Å²) >= 11 is 0. The molecule has 3 aromatic rings. The summed E-state index contributed by atoms with van der Waals surface area (Å²) in [6, 6.07) is 15.5. The van der Waals surface area contributed by atoms with Crippen LogP contribution in [0.1, 0.15) is 33.0 Å². The van der Waals surface area contributed by atoms with Crippen molar-refractivity contribution in [2.75, 3.05) is 13.2 Å². The number of carbonyl (C=O) groups excluding carboxylic acids is 1. The fourth-order valence-electron chi connectivity index (χ4n) is 3.83. The van der Waals surface area contributed by atoms with E-state index in [1.165, 1.54) is 0 Å². The Kier molecular flexibility index (Phi) is 6.23. The zero-order valence-electron chi connectivity index (χ0n) is 17.3. The van der Waals surface area contributed by atoms with Gasteiger partial charge in [0, 0.05) is 5.92 Å². The summed E-state index contributed by atoms with van der Waals surface area (Å²) in [5.41, 5.74) is 1.09. The van der Waals surface area contributed by atoms with Crippen molar-refractivity contribution in [2.45, 2.75) is 5.92 Å². The standard InChI is InChI=1S/C25H15F4NO4/c26-20-17(21(27)23(29)19(22(20)28)24(31)32)10-5-11-30-25(33)34-12-18-15-8-3-1-6-13(15)14-7-2-4-9-16(14)18/h1-4,6-9,18H,11-12H2,(H,30,33)(H,31,32). The molecule has 172 valence electrons. The molecule has 34 heavy (non-hydrogen) atoms. The SMILES string of the molecule is O=C(NCC#Cc1c(F)c(F)c(C(=O)O)c(F)c1F)OCC1c2ccccc2-c2ccccc21. The number of benzene rings is 3. The van der Waals surface area contributed by atoms with Crippen LogP contribution in [-0.4, -0.2) is 30.3 Å². The van der Waals surface area contributed by atoms with E-state index in [-0.39, 0.29) is 12.5 Å². The molecule has 3 aromatic carbocycles. The van der Waals surface area contributed by atoms with E-state index in [1.807, 2.05) is 54.5 Å². The van der Waals surface area contributed by atoms with Crippen LogP contribution in [0.5, 0.6) is 0 Å². The van der Waals surface area contributed by atoms with Crippen molar-refractivity contribution in [1.82, 2.24) is 5.32 Å². The summed E-state index contributed by atoms with van der Waals surface area (Å²) in [7, 11) is 0. The van der Waals surface area contributed by atoms with Crippen LogP contribution in [0.25, 0.3) is 11.1 Å². The minimum absolute atomic E-state index is 0.0314. The number of alkyl carbamates (subject to hydrolysis) is 1. The number of hydrogen-bond donors (Lipinski definition) is 2. The van der Waals surface area contributed by atoms with Gasteiger partial charge in [0.25, 0.3) is 0 Å². The van der Waals surface area contributed by atoms with Crippen molar-refractivity contribution in [2.24, 2.45) is 0 Å². The monoisotopic (exact) mass is 469 g/mol. The number of aromatic carboxylic acids is 1. The maximum absolute atomic E-state index is 13.9. The predicted molar refractivity (Wildman–Crippen MR) is 113 cm³/mol. The molecule has 1 aliphatic rings. The van der Waals surface area contributed by atoms with Gasteiger partial charge >= 0.3 is 12.1 Å². The zero-order chi connectivity index (χ0) is 24.4. The van der Waals surface area contributed by atoms with Gasteiger partial charge in [-0.15, -0.1) is 0 Å². The second-order valence-corrected chi connectivity index (χ2v) is 7.29. The van der Waals surface area contributed by atoms with E-state index in [0.29, 0.717) is 0 Å². The molecule has 0 heterocycles. The highest BCUT2D eigenvalue weighted by molar-refractivity contribution is 5.88. The minimum Gasteiger partial charge on any atom is -0.477 e. The molecule has 0 aliphatic heterocycles. The number of carbonyl (C=O) groups is 2. The fourth-order valence-corrected chi connectivity index (χ4v) is 3.83. The minimum atomic E-state index is -2.16. The summed E-state index contributed by atoms with van der Waals surface area (Å²) in [6.07, 6.45) is -0.851. The quantitative estimate of drug-likeness (QED) is 0.326. The lowest BCUT2D eigenvalue weighted by atomic mass is 9.98. The zero-order valence-corrected chi connectivity index (χ0v) is 17.3. The largest absolute Gasteiger partial charge is 0.477 e. The van der Waals surface area contributed by atoms with Crippen LogP contribution in [-0.2, 0) is 4.74 Å². The highest BCUT2D eigenvalue weighted by Crippen LogP contribution is 2.44. The van der Waals surface area contributed by atoms with Crippen LogP contribution in [0, 0.1) is 35.1 Å². The Morgan fingerprint density at radius 1 is 0.882 bits per heavy atom. The molecule has 0 saturated carbocycles. The van der Waals surface area contributed by atoms with Gasteiger partial charge in [-0.1, -0.05) is 60.4 Å². The highest BCUT2D eigenvalue weighted by atomic mass is 19.2. The Bertz CT molecular complexity index is 1300. The first-order valence-electron chi connectivity index (χ1n) is 9.98. The number of fused-ring (bicyclic) bond motifs is 3. The lowest BCUT2D eigenvalue weighted by Crippen LogP contribution is -2.26. The molecule has 4 rings (SSSR count). The molecule has 0 atom stereocenters. The lowest BCUT2D eigenvalue weighted by molar-refractivity contribution is 0.0683. The molecule has 2 N–H and O–H groups in total. The summed E-state index contributed by atoms with van der Waals surface area (Å²) in [6.45, 7) is -0.414. The van der Waals surface area contributed by atoms with E-state index in [4.69, 9.17) is 9.84 Å². The Morgan fingerprint density at radius 2 is 1.41 bits per heavy atom. The van der Waals surface area contributed by atoms with E-state index in [0.717, 1.165) is 22.3 Å². The number of hydrogen-bond acceptors (Lipinski definition) is 3. The molecular formula is C25H15F4NO4. The molecule has 0 bridgehead atoms. The Labute approximate surface area is 191 Å². The third-order valence-corrected chi connectivity index (χ3v) is 5.36. The van der Waals surface area contributed by atoms with Crippen molar-refractivity contribution >= 4 is 12.1 Å². The third kappa shape index (κ3) is 4.06. The highest BCUT2D eigenvalue weighted by Gasteiger charge is 2.30. The van der Waals surface area contributed by atoms with Gasteiger partial charge in [0.2, 0.25) is 0 Å². The first-order chi connectivity index (χ1) is 16.3. The van der Waals surface area contributed by atoms with Crippen LogP contribution in [0.15, 0.2) is 48.5 Å².